The van der Waals surface area contributed by atoms with E-state index in [-0.39, 0.29) is 47.3 Å². The van der Waals surface area contributed by atoms with Crippen molar-refractivity contribution in [3.05, 3.63) is 34.6 Å². The zero-order chi connectivity index (χ0) is 24.6. The van der Waals surface area contributed by atoms with Crippen molar-refractivity contribution < 1.29 is 18.8 Å². The number of hydrogen-bond donors (Lipinski definition) is 2. The van der Waals surface area contributed by atoms with Crippen LogP contribution in [0.4, 0.5) is 9.18 Å². The molecule has 10 heteroatoms. The normalized spacial score (nSPS) is 26.7. The summed E-state index contributed by atoms with van der Waals surface area (Å²) in [7, 11) is 0. The minimum atomic E-state index is -0.613. The molecule has 2 N–H and O–H groups in total. The summed E-state index contributed by atoms with van der Waals surface area (Å²) in [4.78, 5) is 43.2. The third kappa shape index (κ3) is 4.73. The number of carbonyl (C=O) groups excluding carboxylic acids is 3. The third-order valence-electron chi connectivity index (χ3n) is 6.92. The van der Waals surface area contributed by atoms with Crippen molar-refractivity contribution in [2.45, 2.75) is 65.3 Å². The van der Waals surface area contributed by atoms with E-state index in [1.807, 2.05) is 20.8 Å². The summed E-state index contributed by atoms with van der Waals surface area (Å²) in [5, 5.41) is 4.67. The van der Waals surface area contributed by atoms with Crippen LogP contribution >= 0.6 is 11.6 Å². The Bertz CT molecular complexity index is 961. The highest BCUT2D eigenvalue weighted by Gasteiger charge is 2.55. The molecule has 8 nitrogen and oxygen atoms in total. The van der Waals surface area contributed by atoms with Gasteiger partial charge in [-0.05, 0) is 49.3 Å². The fourth-order valence-corrected chi connectivity index (χ4v) is 5.44. The van der Waals surface area contributed by atoms with E-state index in [1.165, 1.54) is 17.1 Å². The summed E-state index contributed by atoms with van der Waals surface area (Å²) in [6, 6.07) is 3.45. The summed E-state index contributed by atoms with van der Waals surface area (Å²) < 4.78 is 13.5. The number of urea groups is 1. The summed E-state index contributed by atoms with van der Waals surface area (Å²) in [6.07, 6.45) is 1.80. The maximum atomic E-state index is 13.6. The Kier molecular flexibility index (Phi) is 7.33. The van der Waals surface area contributed by atoms with Crippen LogP contribution in [-0.4, -0.2) is 58.1 Å². The van der Waals surface area contributed by atoms with Gasteiger partial charge >= 0.3 is 6.03 Å². The fraction of sp³-hybridized carbons (Fsp3) is 0.625. The molecular formula is C24H33ClFN5O3. The Morgan fingerprint density at radius 1 is 1.29 bits per heavy atom. The largest absolute Gasteiger partial charge is 0.356 e. The zero-order valence-corrected chi connectivity index (χ0v) is 20.6. The van der Waals surface area contributed by atoms with E-state index >= 15 is 0 Å². The molecule has 0 aromatic heterocycles. The van der Waals surface area contributed by atoms with E-state index in [0.717, 1.165) is 6.42 Å². The second-order valence-electron chi connectivity index (χ2n) is 9.87. The molecule has 4 unspecified atom stereocenters. The molecule has 2 saturated heterocycles. The van der Waals surface area contributed by atoms with Crippen LogP contribution in [0.5, 0.6) is 0 Å². The molecule has 186 valence electrons. The molecule has 0 radical (unpaired) electrons. The first-order chi connectivity index (χ1) is 16.2. The molecule has 1 aromatic carbocycles. The molecule has 2 heterocycles. The monoisotopic (exact) mass is 493 g/mol. The first kappa shape index (κ1) is 24.7. The number of nitrogens with zero attached hydrogens (tertiary/aromatic N) is 3. The number of halogens is 2. The maximum absolute atomic E-state index is 13.6. The summed E-state index contributed by atoms with van der Waals surface area (Å²) in [5.41, 5.74) is 3.78. The van der Waals surface area contributed by atoms with E-state index in [0.29, 0.717) is 43.8 Å². The van der Waals surface area contributed by atoms with E-state index in [2.05, 4.69) is 10.7 Å². The van der Waals surface area contributed by atoms with E-state index in [1.54, 1.807) is 15.9 Å². The van der Waals surface area contributed by atoms with Gasteiger partial charge in [0, 0.05) is 30.1 Å². The second kappa shape index (κ2) is 10.1. The lowest BCUT2D eigenvalue weighted by Crippen LogP contribution is -2.67. The first-order valence-corrected chi connectivity index (χ1v) is 12.5. The van der Waals surface area contributed by atoms with Crippen LogP contribution < -0.4 is 10.7 Å². The van der Waals surface area contributed by atoms with Crippen molar-refractivity contribution in [3.63, 3.8) is 0 Å². The number of hydrogen-bond acceptors (Lipinski definition) is 4. The average molecular weight is 494 g/mol. The molecule has 0 bridgehead atoms. The Hall–Kier alpha value is -2.39. The lowest BCUT2D eigenvalue weighted by Gasteiger charge is -2.49. The van der Waals surface area contributed by atoms with Crippen molar-refractivity contribution in [2.75, 3.05) is 13.1 Å². The van der Waals surface area contributed by atoms with Gasteiger partial charge in [0.05, 0.1) is 12.5 Å². The van der Waals surface area contributed by atoms with Crippen molar-refractivity contribution in [1.82, 2.24) is 25.6 Å². The van der Waals surface area contributed by atoms with Crippen LogP contribution in [-0.2, 0) is 16.1 Å². The van der Waals surface area contributed by atoms with E-state index in [9.17, 15) is 18.8 Å². The highest BCUT2D eigenvalue weighted by molar-refractivity contribution is 6.31. The predicted molar refractivity (Wildman–Crippen MR) is 126 cm³/mol. The van der Waals surface area contributed by atoms with Crippen LogP contribution in [0.15, 0.2) is 18.2 Å². The van der Waals surface area contributed by atoms with Gasteiger partial charge in [-0.1, -0.05) is 38.4 Å². The van der Waals surface area contributed by atoms with Gasteiger partial charge in [-0.15, -0.1) is 0 Å². The van der Waals surface area contributed by atoms with Crippen LogP contribution in [0.1, 0.15) is 52.0 Å². The minimum Gasteiger partial charge on any atom is -0.356 e. The van der Waals surface area contributed by atoms with Gasteiger partial charge in [0.2, 0.25) is 11.8 Å². The zero-order valence-electron chi connectivity index (χ0n) is 19.9. The number of amides is 4. The quantitative estimate of drug-likeness (QED) is 0.610. The van der Waals surface area contributed by atoms with Crippen molar-refractivity contribution >= 4 is 29.4 Å². The van der Waals surface area contributed by atoms with Gasteiger partial charge in [0.1, 0.15) is 5.82 Å². The van der Waals surface area contributed by atoms with E-state index in [4.69, 9.17) is 11.6 Å². The van der Waals surface area contributed by atoms with Gasteiger partial charge < -0.3 is 10.2 Å². The van der Waals surface area contributed by atoms with Crippen LogP contribution in [0.25, 0.3) is 0 Å². The van der Waals surface area contributed by atoms with Crippen LogP contribution in [0.2, 0.25) is 5.02 Å². The Balaban J connectivity index is 1.57. The van der Waals surface area contributed by atoms with Gasteiger partial charge in [0.15, 0.2) is 6.29 Å². The summed E-state index contributed by atoms with van der Waals surface area (Å²) in [5.74, 6) is -0.646. The van der Waals surface area contributed by atoms with Crippen molar-refractivity contribution in [3.8, 4) is 0 Å². The SMILES string of the molecule is CCCN1C(=O)C2CCC(C(=O)NCC(C)C)CC2N2C(=O)N(Cc3ccc(F)cc3Cl)NC12. The molecule has 34 heavy (non-hydrogen) atoms. The Morgan fingerprint density at radius 3 is 2.74 bits per heavy atom. The standard InChI is InChI=1S/C24H33ClFN5O3/c1-4-9-29-22(33)18-8-6-15(21(32)27-12-14(2)3)10-20(18)31-23(29)28-30(24(31)34)13-16-5-7-17(26)11-19(16)25/h5,7,11,14-15,18,20,23,28H,4,6,8-10,12-13H2,1-3H3,(H,27,32). The molecular weight excluding hydrogens is 461 g/mol. The minimum absolute atomic E-state index is 0.0123. The molecule has 3 fully saturated rings. The van der Waals surface area contributed by atoms with Crippen molar-refractivity contribution in [2.24, 2.45) is 17.8 Å². The van der Waals surface area contributed by atoms with Crippen LogP contribution in [0.3, 0.4) is 0 Å². The number of fused-ring (bicyclic) bond motifs is 3. The highest BCUT2D eigenvalue weighted by Crippen LogP contribution is 2.40. The number of hydrazine groups is 1. The summed E-state index contributed by atoms with van der Waals surface area (Å²) in [6.45, 7) is 7.33. The van der Waals surface area contributed by atoms with Gasteiger partial charge in [-0.2, -0.15) is 5.43 Å². The number of rotatable bonds is 7. The topological polar surface area (TPSA) is 85.0 Å². The molecule has 1 aromatic rings. The first-order valence-electron chi connectivity index (χ1n) is 12.1. The molecule has 4 amide bonds. The molecule has 3 aliphatic rings. The van der Waals surface area contributed by atoms with Crippen LogP contribution in [0, 0.1) is 23.6 Å². The predicted octanol–water partition coefficient (Wildman–Crippen LogP) is 3.31. The fourth-order valence-electron chi connectivity index (χ4n) is 5.21. The lowest BCUT2D eigenvalue weighted by atomic mass is 9.75. The molecule has 4 atom stereocenters. The maximum Gasteiger partial charge on any atom is 0.337 e. The van der Waals surface area contributed by atoms with Gasteiger partial charge in [0.25, 0.3) is 0 Å². The molecule has 4 rings (SSSR count). The molecule has 0 spiro atoms. The smallest absolute Gasteiger partial charge is 0.337 e. The molecule has 2 aliphatic heterocycles. The molecule has 1 saturated carbocycles. The average Bonchev–Trinajstić information content (AvgIpc) is 3.12. The Labute approximate surface area is 204 Å². The number of benzene rings is 1. The number of carbonyl (C=O) groups is 3. The van der Waals surface area contributed by atoms with E-state index < -0.39 is 12.1 Å². The highest BCUT2D eigenvalue weighted by atomic mass is 35.5. The lowest BCUT2D eigenvalue weighted by molar-refractivity contribution is -0.158. The molecule has 1 aliphatic carbocycles. The van der Waals surface area contributed by atoms with Gasteiger partial charge in [-0.3, -0.25) is 19.5 Å². The van der Waals surface area contributed by atoms with Crippen molar-refractivity contribution in [1.29, 1.82) is 0 Å². The Morgan fingerprint density at radius 2 is 2.06 bits per heavy atom. The number of nitrogens with one attached hydrogen (secondary N) is 2. The summed E-state index contributed by atoms with van der Waals surface area (Å²) >= 11 is 6.20. The van der Waals surface area contributed by atoms with Gasteiger partial charge in [-0.25, -0.2) is 9.18 Å². The second-order valence-corrected chi connectivity index (χ2v) is 10.3. The third-order valence-corrected chi connectivity index (χ3v) is 7.27.